The van der Waals surface area contributed by atoms with Gasteiger partial charge < -0.3 is 10.2 Å². The third kappa shape index (κ3) is 6.15. The zero-order chi connectivity index (χ0) is 14.9. The SMILES string of the molecule is CCCNCc1ccc(CN(C)CC2CCCCC2)nc1. The van der Waals surface area contributed by atoms with Crippen LogP contribution in [0.1, 0.15) is 56.7 Å². The molecule has 1 saturated carbocycles. The number of nitrogens with zero attached hydrogens (tertiary/aromatic N) is 2. The molecule has 0 aromatic carbocycles. The lowest BCUT2D eigenvalue weighted by molar-refractivity contribution is 0.226. The number of pyridine rings is 1. The molecule has 1 aliphatic carbocycles. The number of aromatic nitrogens is 1. The normalized spacial score (nSPS) is 16.5. The van der Waals surface area contributed by atoms with Crippen LogP contribution in [0, 0.1) is 5.92 Å². The summed E-state index contributed by atoms with van der Waals surface area (Å²) in [5.41, 5.74) is 2.47. The second kappa shape index (κ2) is 9.16. The van der Waals surface area contributed by atoms with Gasteiger partial charge in [-0.15, -0.1) is 0 Å². The maximum absolute atomic E-state index is 4.61. The van der Waals surface area contributed by atoms with Crippen LogP contribution in [0.15, 0.2) is 18.3 Å². The fourth-order valence-corrected chi connectivity index (χ4v) is 3.21. The molecule has 0 aliphatic heterocycles. The molecule has 0 amide bonds. The highest BCUT2D eigenvalue weighted by Gasteiger charge is 2.15. The Morgan fingerprint density at radius 3 is 2.71 bits per heavy atom. The Labute approximate surface area is 130 Å². The van der Waals surface area contributed by atoms with E-state index >= 15 is 0 Å². The minimum atomic E-state index is 0.904. The summed E-state index contributed by atoms with van der Waals surface area (Å²) in [6.07, 6.45) is 10.3. The van der Waals surface area contributed by atoms with Crippen LogP contribution in [0.3, 0.4) is 0 Å². The van der Waals surface area contributed by atoms with E-state index in [0.29, 0.717) is 0 Å². The van der Waals surface area contributed by atoms with Crippen LogP contribution in [0.5, 0.6) is 0 Å². The first-order valence-electron chi connectivity index (χ1n) is 8.61. The lowest BCUT2D eigenvalue weighted by atomic mass is 9.89. The van der Waals surface area contributed by atoms with Gasteiger partial charge in [-0.1, -0.05) is 32.3 Å². The molecule has 1 aromatic heterocycles. The van der Waals surface area contributed by atoms with E-state index in [0.717, 1.165) is 25.6 Å². The van der Waals surface area contributed by atoms with Crippen LogP contribution in [-0.2, 0) is 13.1 Å². The molecule has 1 fully saturated rings. The van der Waals surface area contributed by atoms with Crippen molar-refractivity contribution in [1.82, 2.24) is 15.2 Å². The van der Waals surface area contributed by atoms with Crippen molar-refractivity contribution in [2.75, 3.05) is 20.1 Å². The van der Waals surface area contributed by atoms with E-state index in [2.05, 4.69) is 41.3 Å². The summed E-state index contributed by atoms with van der Waals surface area (Å²) in [6, 6.07) is 4.39. The van der Waals surface area contributed by atoms with E-state index in [4.69, 9.17) is 0 Å². The van der Waals surface area contributed by atoms with Crippen LogP contribution < -0.4 is 5.32 Å². The maximum Gasteiger partial charge on any atom is 0.0544 e. The van der Waals surface area contributed by atoms with E-state index in [-0.39, 0.29) is 0 Å². The van der Waals surface area contributed by atoms with E-state index in [9.17, 15) is 0 Å². The number of hydrogen-bond donors (Lipinski definition) is 1. The van der Waals surface area contributed by atoms with Gasteiger partial charge in [-0.05, 0) is 50.4 Å². The van der Waals surface area contributed by atoms with E-state index < -0.39 is 0 Å². The predicted molar refractivity (Wildman–Crippen MR) is 89.1 cm³/mol. The Morgan fingerprint density at radius 2 is 2.05 bits per heavy atom. The lowest BCUT2D eigenvalue weighted by Gasteiger charge is -2.26. The molecule has 0 bridgehead atoms. The van der Waals surface area contributed by atoms with Gasteiger partial charge in [0, 0.05) is 25.8 Å². The fourth-order valence-electron chi connectivity index (χ4n) is 3.21. The fraction of sp³-hybridized carbons (Fsp3) is 0.722. The molecular formula is C18H31N3. The maximum atomic E-state index is 4.61. The quantitative estimate of drug-likeness (QED) is 0.741. The number of nitrogens with one attached hydrogen (secondary N) is 1. The molecule has 2 rings (SSSR count). The van der Waals surface area contributed by atoms with Gasteiger partial charge in [0.2, 0.25) is 0 Å². The monoisotopic (exact) mass is 289 g/mol. The molecule has 1 aliphatic rings. The summed E-state index contributed by atoms with van der Waals surface area (Å²) in [7, 11) is 2.23. The Hall–Kier alpha value is -0.930. The second-order valence-corrected chi connectivity index (χ2v) is 6.54. The van der Waals surface area contributed by atoms with Gasteiger partial charge >= 0.3 is 0 Å². The highest BCUT2D eigenvalue weighted by atomic mass is 15.1. The van der Waals surface area contributed by atoms with Gasteiger partial charge in [-0.2, -0.15) is 0 Å². The van der Waals surface area contributed by atoms with E-state index in [1.54, 1.807) is 0 Å². The largest absolute Gasteiger partial charge is 0.313 e. The van der Waals surface area contributed by atoms with E-state index in [1.165, 1.54) is 56.3 Å². The van der Waals surface area contributed by atoms with Crippen LogP contribution >= 0.6 is 0 Å². The summed E-state index contributed by atoms with van der Waals surface area (Å²) in [4.78, 5) is 7.05. The first kappa shape index (κ1) is 16.4. The highest BCUT2D eigenvalue weighted by molar-refractivity contribution is 5.13. The Bertz CT molecular complexity index is 382. The highest BCUT2D eigenvalue weighted by Crippen LogP contribution is 2.24. The lowest BCUT2D eigenvalue weighted by Crippen LogP contribution is -2.27. The molecule has 0 spiro atoms. The molecule has 0 atom stereocenters. The number of rotatable bonds is 8. The van der Waals surface area contributed by atoms with Gasteiger partial charge in [0.25, 0.3) is 0 Å². The molecule has 1 N–H and O–H groups in total. The molecule has 3 nitrogen and oxygen atoms in total. The van der Waals surface area contributed by atoms with Gasteiger partial charge in [0.1, 0.15) is 0 Å². The third-order valence-corrected chi connectivity index (χ3v) is 4.37. The van der Waals surface area contributed by atoms with Crippen molar-refractivity contribution in [3.8, 4) is 0 Å². The third-order valence-electron chi connectivity index (χ3n) is 4.37. The first-order valence-corrected chi connectivity index (χ1v) is 8.61. The van der Waals surface area contributed by atoms with Gasteiger partial charge in [0.05, 0.1) is 5.69 Å². The molecule has 1 heterocycles. The Morgan fingerprint density at radius 1 is 1.24 bits per heavy atom. The molecule has 0 saturated heterocycles. The summed E-state index contributed by atoms with van der Waals surface area (Å²) in [6.45, 7) is 6.39. The predicted octanol–water partition coefficient (Wildman–Crippen LogP) is 3.59. The van der Waals surface area contributed by atoms with Crippen molar-refractivity contribution >= 4 is 0 Å². The Kier molecular flexibility index (Phi) is 7.17. The van der Waals surface area contributed by atoms with Crippen LogP contribution in [-0.4, -0.2) is 30.0 Å². The van der Waals surface area contributed by atoms with Gasteiger partial charge in [-0.25, -0.2) is 0 Å². The minimum absolute atomic E-state index is 0.904. The number of hydrogen-bond acceptors (Lipinski definition) is 3. The topological polar surface area (TPSA) is 28.2 Å². The molecule has 118 valence electrons. The first-order chi connectivity index (χ1) is 10.3. The van der Waals surface area contributed by atoms with Gasteiger partial charge in [-0.3, -0.25) is 4.98 Å². The summed E-state index contributed by atoms with van der Waals surface area (Å²) in [5.74, 6) is 0.904. The van der Waals surface area contributed by atoms with Crippen LogP contribution in [0.2, 0.25) is 0 Å². The van der Waals surface area contributed by atoms with Crippen molar-refractivity contribution in [2.24, 2.45) is 5.92 Å². The van der Waals surface area contributed by atoms with Crippen molar-refractivity contribution < 1.29 is 0 Å². The van der Waals surface area contributed by atoms with Crippen LogP contribution in [0.25, 0.3) is 0 Å². The molecule has 21 heavy (non-hydrogen) atoms. The zero-order valence-electron chi connectivity index (χ0n) is 13.8. The van der Waals surface area contributed by atoms with Crippen molar-refractivity contribution in [3.05, 3.63) is 29.6 Å². The molecule has 1 aromatic rings. The van der Waals surface area contributed by atoms with Gasteiger partial charge in [0.15, 0.2) is 0 Å². The smallest absolute Gasteiger partial charge is 0.0544 e. The van der Waals surface area contributed by atoms with Crippen molar-refractivity contribution in [2.45, 2.75) is 58.5 Å². The minimum Gasteiger partial charge on any atom is -0.313 e. The average Bonchev–Trinajstić information content (AvgIpc) is 2.50. The van der Waals surface area contributed by atoms with E-state index in [1.807, 2.05) is 6.20 Å². The molecule has 3 heteroatoms. The zero-order valence-corrected chi connectivity index (χ0v) is 13.8. The molecule has 0 radical (unpaired) electrons. The Balaban J connectivity index is 1.73. The second-order valence-electron chi connectivity index (χ2n) is 6.54. The van der Waals surface area contributed by atoms with Crippen molar-refractivity contribution in [1.29, 1.82) is 0 Å². The average molecular weight is 289 g/mol. The van der Waals surface area contributed by atoms with Crippen LogP contribution in [0.4, 0.5) is 0 Å². The van der Waals surface area contributed by atoms with Crippen molar-refractivity contribution in [3.63, 3.8) is 0 Å². The summed E-state index contributed by atoms with van der Waals surface area (Å²) >= 11 is 0. The summed E-state index contributed by atoms with van der Waals surface area (Å²) in [5, 5.41) is 3.42. The molecule has 0 unspecified atom stereocenters. The molecular weight excluding hydrogens is 258 g/mol. The summed E-state index contributed by atoms with van der Waals surface area (Å²) < 4.78 is 0. The standard InChI is InChI=1S/C18H31N3/c1-3-11-19-12-17-9-10-18(20-13-17)15-21(2)14-16-7-5-4-6-8-16/h9-10,13,16,19H,3-8,11-12,14-15H2,1-2H3.